The summed E-state index contributed by atoms with van der Waals surface area (Å²) in [6, 6.07) is -0.496. The second-order valence-corrected chi connectivity index (χ2v) is 2.39. The maximum atomic E-state index is 10.6. The fourth-order valence-corrected chi connectivity index (χ4v) is 1.08. The van der Waals surface area contributed by atoms with E-state index < -0.39 is 6.03 Å². The maximum Gasteiger partial charge on any atom is 0.320 e. The van der Waals surface area contributed by atoms with Gasteiger partial charge < -0.3 is 5.73 Å². The molecular formula is C6H11N3O. The Morgan fingerprint density at radius 2 is 2.30 bits per heavy atom. The summed E-state index contributed by atoms with van der Waals surface area (Å²) in [7, 11) is 0. The van der Waals surface area contributed by atoms with Crippen LogP contribution >= 0.6 is 0 Å². The Labute approximate surface area is 59.5 Å². The van der Waals surface area contributed by atoms with Gasteiger partial charge >= 0.3 is 6.03 Å². The van der Waals surface area contributed by atoms with Gasteiger partial charge in [-0.25, -0.2) is 4.79 Å². The Hall–Kier alpha value is -1.06. The minimum Gasteiger partial charge on any atom is -0.351 e. The number of primary amides is 1. The Balaban J connectivity index is 2.56. The quantitative estimate of drug-likeness (QED) is 0.507. The van der Waals surface area contributed by atoms with Crippen LogP contribution in [0, 0.1) is 5.41 Å². The molecule has 10 heavy (non-hydrogen) atoms. The van der Waals surface area contributed by atoms with Crippen molar-refractivity contribution in [2.24, 2.45) is 5.73 Å². The molecule has 2 amide bonds. The number of hydrogen-bond donors (Lipinski definition) is 2. The van der Waals surface area contributed by atoms with E-state index in [-0.39, 0.29) is 0 Å². The summed E-state index contributed by atoms with van der Waals surface area (Å²) in [6.07, 6.45) is 2.65. The van der Waals surface area contributed by atoms with Crippen molar-refractivity contribution in [3.05, 3.63) is 0 Å². The summed E-state index contributed by atoms with van der Waals surface area (Å²) < 4.78 is 0. The molecule has 3 N–H and O–H groups in total. The molecule has 0 aromatic heterocycles. The highest BCUT2D eigenvalue weighted by Crippen LogP contribution is 2.09. The molecule has 1 fully saturated rings. The van der Waals surface area contributed by atoms with E-state index in [0.717, 1.165) is 12.8 Å². The lowest BCUT2D eigenvalue weighted by atomic mass is 10.1. The van der Waals surface area contributed by atoms with E-state index in [4.69, 9.17) is 11.1 Å². The van der Waals surface area contributed by atoms with Crippen molar-refractivity contribution in [3.63, 3.8) is 0 Å². The van der Waals surface area contributed by atoms with Crippen molar-refractivity contribution in [2.75, 3.05) is 6.54 Å². The van der Waals surface area contributed by atoms with Gasteiger partial charge in [0.05, 0.1) is 0 Å². The first-order valence-electron chi connectivity index (χ1n) is 3.36. The lowest BCUT2D eigenvalue weighted by Crippen LogP contribution is -2.43. The van der Waals surface area contributed by atoms with E-state index in [1.807, 2.05) is 0 Å². The molecule has 4 nitrogen and oxygen atoms in total. The highest BCUT2D eigenvalue weighted by atomic mass is 16.2. The van der Waals surface area contributed by atoms with Gasteiger partial charge in [0, 0.05) is 13.0 Å². The Kier molecular flexibility index (Phi) is 1.89. The third-order valence-electron chi connectivity index (χ3n) is 1.64. The van der Waals surface area contributed by atoms with Gasteiger partial charge in [-0.1, -0.05) is 0 Å². The van der Waals surface area contributed by atoms with Crippen molar-refractivity contribution < 1.29 is 4.79 Å². The minimum atomic E-state index is -0.496. The van der Waals surface area contributed by atoms with Crippen LogP contribution in [-0.2, 0) is 0 Å². The number of hydrogen-bond acceptors (Lipinski definition) is 2. The van der Waals surface area contributed by atoms with Crippen molar-refractivity contribution in [2.45, 2.75) is 19.3 Å². The van der Waals surface area contributed by atoms with Crippen molar-refractivity contribution in [1.29, 1.82) is 5.41 Å². The summed E-state index contributed by atoms with van der Waals surface area (Å²) >= 11 is 0. The van der Waals surface area contributed by atoms with E-state index in [0.29, 0.717) is 18.8 Å². The number of rotatable bonds is 0. The molecule has 0 bridgehead atoms. The fraction of sp³-hybridized carbons (Fsp3) is 0.667. The molecule has 1 heterocycles. The fourth-order valence-electron chi connectivity index (χ4n) is 1.08. The van der Waals surface area contributed by atoms with Crippen LogP contribution in [0.3, 0.4) is 0 Å². The second kappa shape index (κ2) is 2.68. The van der Waals surface area contributed by atoms with Crippen LogP contribution in [0.1, 0.15) is 19.3 Å². The van der Waals surface area contributed by atoms with Crippen LogP contribution in [-0.4, -0.2) is 23.3 Å². The first kappa shape index (κ1) is 7.05. The smallest absolute Gasteiger partial charge is 0.320 e. The molecular weight excluding hydrogens is 130 g/mol. The standard InChI is InChI=1S/C6H11N3O/c7-5-3-1-2-4-9(5)6(8)10/h7H,1-4H2,(H2,8,10). The molecule has 1 saturated heterocycles. The molecule has 0 aliphatic carbocycles. The Morgan fingerprint density at radius 3 is 2.70 bits per heavy atom. The van der Waals surface area contributed by atoms with E-state index in [2.05, 4.69) is 0 Å². The number of amidine groups is 1. The van der Waals surface area contributed by atoms with Gasteiger partial charge in [0.2, 0.25) is 0 Å². The summed E-state index contributed by atoms with van der Waals surface area (Å²) in [5.74, 6) is 0.360. The van der Waals surface area contributed by atoms with Gasteiger partial charge in [-0.15, -0.1) is 0 Å². The average molecular weight is 141 g/mol. The average Bonchev–Trinajstić information content (AvgIpc) is 1.88. The van der Waals surface area contributed by atoms with Gasteiger partial charge in [0.25, 0.3) is 0 Å². The zero-order chi connectivity index (χ0) is 7.56. The maximum absolute atomic E-state index is 10.6. The highest BCUT2D eigenvalue weighted by molar-refractivity contribution is 5.95. The number of nitrogens with two attached hydrogens (primary N) is 1. The number of likely N-dealkylation sites (tertiary alicyclic amines) is 1. The van der Waals surface area contributed by atoms with E-state index in [1.165, 1.54) is 4.90 Å². The molecule has 0 radical (unpaired) electrons. The summed E-state index contributed by atoms with van der Waals surface area (Å²) in [5.41, 5.74) is 5.00. The largest absolute Gasteiger partial charge is 0.351 e. The summed E-state index contributed by atoms with van der Waals surface area (Å²) in [5, 5.41) is 7.30. The van der Waals surface area contributed by atoms with Crippen LogP contribution in [0.25, 0.3) is 0 Å². The van der Waals surface area contributed by atoms with Crippen molar-refractivity contribution in [3.8, 4) is 0 Å². The van der Waals surface area contributed by atoms with Crippen molar-refractivity contribution in [1.82, 2.24) is 4.90 Å². The van der Waals surface area contributed by atoms with Gasteiger partial charge in [0.1, 0.15) is 5.84 Å². The molecule has 0 spiro atoms. The van der Waals surface area contributed by atoms with Crippen LogP contribution in [0.4, 0.5) is 4.79 Å². The third kappa shape index (κ3) is 1.26. The van der Waals surface area contributed by atoms with E-state index in [9.17, 15) is 4.79 Å². The molecule has 1 rings (SSSR count). The van der Waals surface area contributed by atoms with Crippen LogP contribution < -0.4 is 5.73 Å². The lowest BCUT2D eigenvalue weighted by molar-refractivity contribution is 0.226. The van der Waals surface area contributed by atoms with Crippen LogP contribution in [0.2, 0.25) is 0 Å². The Morgan fingerprint density at radius 1 is 1.60 bits per heavy atom. The van der Waals surface area contributed by atoms with Gasteiger partial charge in [0.15, 0.2) is 0 Å². The summed E-state index contributed by atoms with van der Waals surface area (Å²) in [6.45, 7) is 0.619. The zero-order valence-electron chi connectivity index (χ0n) is 5.76. The third-order valence-corrected chi connectivity index (χ3v) is 1.64. The number of nitrogens with one attached hydrogen (secondary N) is 1. The predicted molar refractivity (Wildman–Crippen MR) is 37.9 cm³/mol. The minimum absolute atomic E-state index is 0.360. The molecule has 0 saturated carbocycles. The predicted octanol–water partition coefficient (Wildman–Crippen LogP) is 0.528. The molecule has 0 aromatic carbocycles. The highest BCUT2D eigenvalue weighted by Gasteiger charge is 2.18. The number of piperidine rings is 1. The second-order valence-electron chi connectivity index (χ2n) is 2.39. The first-order valence-corrected chi connectivity index (χ1v) is 3.36. The number of nitrogens with zero attached hydrogens (tertiary/aromatic N) is 1. The molecule has 4 heteroatoms. The normalized spacial score (nSPS) is 19.2. The zero-order valence-corrected chi connectivity index (χ0v) is 5.76. The topological polar surface area (TPSA) is 70.2 Å². The van der Waals surface area contributed by atoms with Gasteiger partial charge in [-0.05, 0) is 12.8 Å². The number of carbonyl (C=O) groups is 1. The molecule has 56 valence electrons. The van der Waals surface area contributed by atoms with E-state index >= 15 is 0 Å². The Bertz CT molecular complexity index is 166. The van der Waals surface area contributed by atoms with Gasteiger partial charge in [-0.3, -0.25) is 10.3 Å². The van der Waals surface area contributed by atoms with Crippen LogP contribution in [0.5, 0.6) is 0 Å². The molecule has 0 unspecified atom stereocenters. The van der Waals surface area contributed by atoms with E-state index in [1.54, 1.807) is 0 Å². The SMILES string of the molecule is N=C1CCCCN1C(N)=O. The van der Waals surface area contributed by atoms with Crippen LogP contribution in [0.15, 0.2) is 0 Å². The van der Waals surface area contributed by atoms with Crippen molar-refractivity contribution >= 4 is 11.9 Å². The molecule has 0 aromatic rings. The lowest BCUT2D eigenvalue weighted by Gasteiger charge is -2.24. The number of urea groups is 1. The number of carbonyl (C=O) groups excluding carboxylic acids is 1. The summed E-state index contributed by atoms with van der Waals surface area (Å²) in [4.78, 5) is 11.9. The first-order chi connectivity index (χ1) is 4.72. The molecule has 0 atom stereocenters. The monoisotopic (exact) mass is 141 g/mol. The molecule has 1 aliphatic rings. The van der Waals surface area contributed by atoms with Gasteiger partial charge in [-0.2, -0.15) is 0 Å². The number of amides is 2. The molecule has 1 aliphatic heterocycles.